The molecule has 3 N–H and O–H groups in total. The predicted molar refractivity (Wildman–Crippen MR) is 87.4 cm³/mol. The maximum atomic E-state index is 12.2. The molecule has 116 valence electrons. The topological polar surface area (TPSA) is 75.4 Å². The first kappa shape index (κ1) is 15.8. The Morgan fingerprint density at radius 1 is 1.38 bits per heavy atom. The van der Waals surface area contributed by atoms with Crippen molar-refractivity contribution < 1.29 is 9.59 Å². The number of hydrogen-bond acceptors (Lipinski definition) is 5. The molecule has 1 aliphatic heterocycles. The largest absolute Gasteiger partial charge is 0.397 e. The van der Waals surface area contributed by atoms with Crippen LogP contribution in [0.5, 0.6) is 0 Å². The maximum Gasteiger partial charge on any atom is 0.256 e. The van der Waals surface area contributed by atoms with E-state index in [9.17, 15) is 9.59 Å². The van der Waals surface area contributed by atoms with Crippen LogP contribution in [0.25, 0.3) is 0 Å². The third kappa shape index (κ3) is 3.05. The molecule has 1 amide bonds. The number of piperidine rings is 1. The number of ketones is 1. The van der Waals surface area contributed by atoms with Crippen molar-refractivity contribution in [3.8, 4) is 0 Å². The lowest BCUT2D eigenvalue weighted by atomic mass is 9.84. The second kappa shape index (κ2) is 5.67. The van der Waals surface area contributed by atoms with Crippen LogP contribution in [0.4, 0.5) is 10.7 Å². The number of nitrogens with zero attached hydrogens (tertiary/aromatic N) is 1. The van der Waals surface area contributed by atoms with Gasteiger partial charge in [0, 0.05) is 27.1 Å². The number of rotatable bonds is 3. The molecule has 0 bridgehead atoms. The quantitative estimate of drug-likeness (QED) is 0.841. The number of nitrogens with one attached hydrogen (secondary N) is 1. The van der Waals surface area contributed by atoms with Gasteiger partial charge in [0.05, 0.1) is 16.1 Å². The highest BCUT2D eigenvalue weighted by atomic mass is 32.1. The molecule has 2 heterocycles. The summed E-state index contributed by atoms with van der Waals surface area (Å²) in [6, 6.07) is 0. The molecule has 6 heteroatoms. The summed E-state index contributed by atoms with van der Waals surface area (Å²) in [6.45, 7) is 7.70. The van der Waals surface area contributed by atoms with Gasteiger partial charge in [-0.25, -0.2) is 0 Å². The van der Waals surface area contributed by atoms with Crippen molar-refractivity contribution in [2.75, 3.05) is 30.8 Å². The van der Waals surface area contributed by atoms with Gasteiger partial charge in [-0.15, -0.1) is 11.3 Å². The zero-order chi connectivity index (χ0) is 15.8. The molecule has 1 fully saturated rings. The fourth-order valence-corrected chi connectivity index (χ4v) is 4.00. The first-order valence-electron chi connectivity index (χ1n) is 7.17. The predicted octanol–water partition coefficient (Wildman–Crippen LogP) is 2.52. The minimum Gasteiger partial charge on any atom is -0.397 e. The van der Waals surface area contributed by atoms with E-state index in [1.54, 1.807) is 7.05 Å². The van der Waals surface area contributed by atoms with Crippen LogP contribution < -0.4 is 16.0 Å². The highest BCUT2D eigenvalue weighted by Gasteiger charge is 2.32. The normalized spacial score (nSPS) is 17.6. The maximum absolute atomic E-state index is 12.2. The number of anilines is 2. The molecule has 0 spiro atoms. The van der Waals surface area contributed by atoms with E-state index in [2.05, 4.69) is 24.1 Å². The average Bonchev–Trinajstić information content (AvgIpc) is 2.74. The monoisotopic (exact) mass is 309 g/mol. The molecule has 0 atom stereocenters. The molecule has 2 rings (SSSR count). The van der Waals surface area contributed by atoms with Crippen LogP contribution in [-0.4, -0.2) is 31.8 Å². The summed E-state index contributed by atoms with van der Waals surface area (Å²) in [5.74, 6) is -0.320. The van der Waals surface area contributed by atoms with Crippen molar-refractivity contribution in [2.45, 2.75) is 33.6 Å². The van der Waals surface area contributed by atoms with Crippen LogP contribution in [0, 0.1) is 5.41 Å². The van der Waals surface area contributed by atoms with Crippen LogP contribution in [0.2, 0.25) is 0 Å². The first-order valence-corrected chi connectivity index (χ1v) is 7.98. The van der Waals surface area contributed by atoms with E-state index in [4.69, 9.17) is 5.73 Å². The van der Waals surface area contributed by atoms with Crippen molar-refractivity contribution in [3.05, 3.63) is 10.4 Å². The van der Waals surface area contributed by atoms with Crippen LogP contribution in [0.15, 0.2) is 0 Å². The Labute approximate surface area is 129 Å². The molecule has 5 nitrogen and oxygen atoms in total. The van der Waals surface area contributed by atoms with E-state index in [1.807, 2.05) is 0 Å². The standard InChI is InChI=1S/C15H23N3O2S/c1-9(19)12-11(16)10(13(20)17-4)14(21-12)18-7-5-6-15(2,3)8-18/h5-8,16H2,1-4H3,(H,17,20). The number of nitrogens with two attached hydrogens (primary N) is 1. The molecule has 1 aromatic heterocycles. The van der Waals surface area contributed by atoms with Crippen molar-refractivity contribution in [1.82, 2.24) is 5.32 Å². The Bertz CT molecular complexity index is 578. The average molecular weight is 309 g/mol. The zero-order valence-electron chi connectivity index (χ0n) is 13.1. The second-order valence-electron chi connectivity index (χ2n) is 6.35. The first-order chi connectivity index (χ1) is 9.76. The number of carbonyl (C=O) groups is 2. The van der Waals surface area contributed by atoms with Gasteiger partial charge >= 0.3 is 0 Å². The van der Waals surface area contributed by atoms with Crippen LogP contribution >= 0.6 is 11.3 Å². The number of Topliss-reactive ketones (excluding diaryl/α,β-unsaturated/α-hetero) is 1. The fourth-order valence-electron chi connectivity index (χ4n) is 2.86. The number of amides is 1. The molecule has 1 aromatic rings. The summed E-state index contributed by atoms with van der Waals surface area (Å²) in [5, 5.41) is 3.45. The van der Waals surface area contributed by atoms with Gasteiger partial charge in [-0.1, -0.05) is 13.8 Å². The van der Waals surface area contributed by atoms with Gasteiger partial charge in [-0.2, -0.15) is 0 Å². The molecule has 0 aliphatic carbocycles. The van der Waals surface area contributed by atoms with E-state index in [-0.39, 0.29) is 17.1 Å². The van der Waals surface area contributed by atoms with E-state index >= 15 is 0 Å². The Morgan fingerprint density at radius 2 is 2.05 bits per heavy atom. The minimum atomic E-state index is -0.227. The van der Waals surface area contributed by atoms with Gasteiger partial charge in [-0.3, -0.25) is 9.59 Å². The lowest BCUT2D eigenvalue weighted by molar-refractivity contribution is 0.0964. The summed E-state index contributed by atoms with van der Waals surface area (Å²) >= 11 is 1.34. The van der Waals surface area contributed by atoms with Gasteiger partial charge in [0.25, 0.3) is 5.91 Å². The van der Waals surface area contributed by atoms with Crippen molar-refractivity contribution in [3.63, 3.8) is 0 Å². The summed E-state index contributed by atoms with van der Waals surface area (Å²) in [4.78, 5) is 26.6. The Kier molecular flexibility index (Phi) is 4.27. The number of nitrogen functional groups attached to an aromatic ring is 1. The summed E-state index contributed by atoms with van der Waals surface area (Å²) in [7, 11) is 1.58. The molecular formula is C15H23N3O2S. The van der Waals surface area contributed by atoms with Crippen molar-refractivity contribution in [2.24, 2.45) is 5.41 Å². The Hall–Kier alpha value is -1.56. The SMILES string of the molecule is CNC(=O)c1c(N2CCCC(C)(C)C2)sc(C(C)=O)c1N. The Balaban J connectivity index is 2.49. The van der Waals surface area contributed by atoms with Crippen molar-refractivity contribution >= 4 is 33.7 Å². The highest BCUT2D eigenvalue weighted by molar-refractivity contribution is 7.19. The van der Waals surface area contributed by atoms with E-state index in [0.717, 1.165) is 24.5 Å². The van der Waals surface area contributed by atoms with Crippen LogP contribution in [0.1, 0.15) is 53.6 Å². The molecule has 0 radical (unpaired) electrons. The van der Waals surface area contributed by atoms with Gasteiger partial charge in [0.15, 0.2) is 5.78 Å². The summed E-state index contributed by atoms with van der Waals surface area (Å²) in [6.07, 6.45) is 2.24. The minimum absolute atomic E-state index is 0.0924. The summed E-state index contributed by atoms with van der Waals surface area (Å²) < 4.78 is 0. The number of carbonyl (C=O) groups excluding carboxylic acids is 2. The summed E-state index contributed by atoms with van der Waals surface area (Å²) in [5.41, 5.74) is 7.02. The smallest absolute Gasteiger partial charge is 0.256 e. The Morgan fingerprint density at radius 3 is 2.57 bits per heavy atom. The van der Waals surface area contributed by atoms with E-state index < -0.39 is 0 Å². The zero-order valence-corrected chi connectivity index (χ0v) is 13.9. The molecule has 1 saturated heterocycles. The molecule has 21 heavy (non-hydrogen) atoms. The molecular weight excluding hydrogens is 286 g/mol. The molecule has 1 aliphatic rings. The van der Waals surface area contributed by atoms with E-state index in [1.165, 1.54) is 24.7 Å². The second-order valence-corrected chi connectivity index (χ2v) is 7.35. The third-order valence-corrected chi connectivity index (χ3v) is 5.26. The van der Waals surface area contributed by atoms with Crippen LogP contribution in [0.3, 0.4) is 0 Å². The molecule has 0 saturated carbocycles. The van der Waals surface area contributed by atoms with E-state index in [0.29, 0.717) is 16.1 Å². The lowest BCUT2D eigenvalue weighted by Gasteiger charge is -2.39. The highest BCUT2D eigenvalue weighted by Crippen LogP contribution is 2.41. The fraction of sp³-hybridized carbons (Fsp3) is 0.600. The van der Waals surface area contributed by atoms with Gasteiger partial charge in [0.1, 0.15) is 5.00 Å². The molecule has 0 aromatic carbocycles. The lowest BCUT2D eigenvalue weighted by Crippen LogP contribution is -2.40. The van der Waals surface area contributed by atoms with Crippen LogP contribution in [-0.2, 0) is 0 Å². The van der Waals surface area contributed by atoms with Gasteiger partial charge < -0.3 is 16.0 Å². The number of thiophene rings is 1. The molecule has 0 unspecified atom stereocenters. The van der Waals surface area contributed by atoms with Crippen molar-refractivity contribution in [1.29, 1.82) is 0 Å². The third-order valence-electron chi connectivity index (χ3n) is 3.89. The number of hydrogen-bond donors (Lipinski definition) is 2. The van der Waals surface area contributed by atoms with Gasteiger partial charge in [0.2, 0.25) is 0 Å². The van der Waals surface area contributed by atoms with Gasteiger partial charge in [-0.05, 0) is 18.3 Å².